The molecule has 0 aliphatic carbocycles. The summed E-state index contributed by atoms with van der Waals surface area (Å²) in [5, 5.41) is 6.41. The van der Waals surface area contributed by atoms with Crippen LogP contribution in [0.2, 0.25) is 0 Å². The predicted molar refractivity (Wildman–Crippen MR) is 48.0 cm³/mol. The Bertz CT molecular complexity index is 376. The molecule has 1 aliphatic rings. The van der Waals surface area contributed by atoms with Crippen LogP contribution in [0, 0.1) is 0 Å². The normalized spacial score (nSPS) is 17.9. The van der Waals surface area contributed by atoms with Crippen molar-refractivity contribution in [3.05, 3.63) is 30.1 Å². The number of nitrogens with zero attached hydrogens (tertiary/aromatic N) is 2. The van der Waals surface area contributed by atoms with Gasteiger partial charge in [0.05, 0.1) is 12.2 Å². The average molecular weight is 191 g/mol. The second kappa shape index (κ2) is 3.10. The van der Waals surface area contributed by atoms with Crippen LogP contribution in [0.5, 0.6) is 0 Å². The van der Waals surface area contributed by atoms with Gasteiger partial charge in [-0.25, -0.2) is 0 Å². The lowest BCUT2D eigenvalue weighted by Crippen LogP contribution is -2.32. The van der Waals surface area contributed by atoms with Crippen LogP contribution in [0.1, 0.15) is 18.5 Å². The molecule has 0 bridgehead atoms. The van der Waals surface area contributed by atoms with Crippen molar-refractivity contribution >= 4 is 11.8 Å². The van der Waals surface area contributed by atoms with E-state index in [-0.39, 0.29) is 17.9 Å². The monoisotopic (exact) mass is 191 g/mol. The van der Waals surface area contributed by atoms with Crippen LogP contribution in [0.15, 0.2) is 24.5 Å². The van der Waals surface area contributed by atoms with Gasteiger partial charge in [-0.2, -0.15) is 5.10 Å². The highest BCUT2D eigenvalue weighted by Gasteiger charge is 2.29. The fourth-order valence-corrected chi connectivity index (χ4v) is 1.43. The largest absolute Gasteiger partial charge is 0.285 e. The number of aromatic nitrogens is 2. The topological polar surface area (TPSA) is 66.1 Å². The highest BCUT2D eigenvalue weighted by Crippen LogP contribution is 2.22. The van der Waals surface area contributed by atoms with Crippen LogP contribution in [0.4, 0.5) is 0 Å². The van der Waals surface area contributed by atoms with Crippen LogP contribution in [-0.2, 0) is 9.59 Å². The van der Waals surface area contributed by atoms with Gasteiger partial charge in [-0.15, -0.1) is 0 Å². The zero-order valence-corrected chi connectivity index (χ0v) is 7.60. The average Bonchev–Trinajstić information content (AvgIpc) is 2.75. The molecule has 1 N–H and O–H groups in total. The minimum Gasteiger partial charge on any atom is -0.285 e. The standard InChI is InChI=1S/C9H9N3O2/c1-6(7-4-10-11-5-7)12-8(13)2-3-9(12)14/h2-6H,1H3,(H,10,11). The van der Waals surface area contributed by atoms with E-state index in [0.29, 0.717) is 0 Å². The minimum atomic E-state index is -0.274. The molecule has 72 valence electrons. The first-order chi connectivity index (χ1) is 6.70. The van der Waals surface area contributed by atoms with Crippen molar-refractivity contribution in [3.8, 4) is 0 Å². The lowest BCUT2D eigenvalue weighted by molar-refractivity contribution is -0.139. The molecule has 0 aromatic carbocycles. The molecule has 1 atom stereocenters. The summed E-state index contributed by atoms with van der Waals surface area (Å²) in [6.45, 7) is 1.79. The first-order valence-electron chi connectivity index (χ1n) is 4.24. The summed E-state index contributed by atoms with van der Waals surface area (Å²) in [7, 11) is 0. The van der Waals surface area contributed by atoms with Gasteiger partial charge >= 0.3 is 0 Å². The highest BCUT2D eigenvalue weighted by molar-refractivity contribution is 6.13. The summed E-state index contributed by atoms with van der Waals surface area (Å²) in [4.78, 5) is 23.8. The van der Waals surface area contributed by atoms with Gasteiger partial charge in [0.1, 0.15) is 0 Å². The molecular weight excluding hydrogens is 182 g/mol. The lowest BCUT2D eigenvalue weighted by atomic mass is 10.1. The van der Waals surface area contributed by atoms with Gasteiger partial charge in [-0.05, 0) is 6.92 Å². The highest BCUT2D eigenvalue weighted by atomic mass is 16.2. The van der Waals surface area contributed by atoms with Crippen molar-refractivity contribution in [2.75, 3.05) is 0 Å². The number of amides is 2. The van der Waals surface area contributed by atoms with Gasteiger partial charge in [0, 0.05) is 23.9 Å². The Kier molecular flexibility index (Phi) is 1.92. The van der Waals surface area contributed by atoms with E-state index in [1.165, 1.54) is 17.1 Å². The fourth-order valence-electron chi connectivity index (χ4n) is 1.43. The van der Waals surface area contributed by atoms with Crippen LogP contribution >= 0.6 is 0 Å². The quantitative estimate of drug-likeness (QED) is 0.688. The zero-order chi connectivity index (χ0) is 10.1. The second-order valence-corrected chi connectivity index (χ2v) is 3.09. The number of carbonyl (C=O) groups excluding carboxylic acids is 2. The summed E-state index contributed by atoms with van der Waals surface area (Å²) >= 11 is 0. The number of H-pyrrole nitrogens is 1. The third-order valence-electron chi connectivity index (χ3n) is 2.23. The first kappa shape index (κ1) is 8.68. The number of hydrogen-bond donors (Lipinski definition) is 1. The summed E-state index contributed by atoms with van der Waals surface area (Å²) in [6.07, 6.45) is 5.82. The molecule has 0 saturated heterocycles. The van der Waals surface area contributed by atoms with Gasteiger partial charge < -0.3 is 0 Å². The maximum atomic E-state index is 11.3. The molecule has 1 aromatic rings. The molecule has 1 unspecified atom stereocenters. The molecular formula is C9H9N3O2. The van der Waals surface area contributed by atoms with E-state index < -0.39 is 0 Å². The molecule has 0 radical (unpaired) electrons. The fraction of sp³-hybridized carbons (Fsp3) is 0.222. The molecule has 2 heterocycles. The Balaban J connectivity index is 2.24. The molecule has 1 aromatic heterocycles. The number of nitrogens with one attached hydrogen (secondary N) is 1. The van der Waals surface area contributed by atoms with E-state index in [9.17, 15) is 9.59 Å². The Morgan fingerprint density at radius 2 is 2.00 bits per heavy atom. The van der Waals surface area contributed by atoms with Crippen LogP contribution in [0.3, 0.4) is 0 Å². The van der Waals surface area contributed by atoms with Crippen molar-refractivity contribution in [3.63, 3.8) is 0 Å². The number of imide groups is 1. The maximum Gasteiger partial charge on any atom is 0.254 e. The molecule has 1 aliphatic heterocycles. The Hall–Kier alpha value is -1.91. The van der Waals surface area contributed by atoms with E-state index in [2.05, 4.69) is 10.2 Å². The van der Waals surface area contributed by atoms with Crippen molar-refractivity contribution in [2.24, 2.45) is 0 Å². The van der Waals surface area contributed by atoms with E-state index in [1.807, 2.05) is 0 Å². The number of aromatic amines is 1. The molecule has 14 heavy (non-hydrogen) atoms. The Morgan fingerprint density at radius 3 is 2.50 bits per heavy atom. The van der Waals surface area contributed by atoms with Gasteiger partial charge in [0.2, 0.25) is 0 Å². The van der Waals surface area contributed by atoms with Crippen molar-refractivity contribution in [1.29, 1.82) is 0 Å². The molecule has 5 heteroatoms. The number of rotatable bonds is 2. The van der Waals surface area contributed by atoms with E-state index in [0.717, 1.165) is 5.56 Å². The maximum absolute atomic E-state index is 11.3. The second-order valence-electron chi connectivity index (χ2n) is 3.09. The van der Waals surface area contributed by atoms with E-state index >= 15 is 0 Å². The molecule has 0 spiro atoms. The predicted octanol–water partition coefficient (Wildman–Crippen LogP) is 0.396. The zero-order valence-electron chi connectivity index (χ0n) is 7.60. The van der Waals surface area contributed by atoms with Gasteiger partial charge in [-0.3, -0.25) is 19.6 Å². The summed E-state index contributed by atoms with van der Waals surface area (Å²) in [5.74, 6) is -0.549. The van der Waals surface area contributed by atoms with Crippen LogP contribution in [-0.4, -0.2) is 26.9 Å². The third kappa shape index (κ3) is 1.22. The molecule has 5 nitrogen and oxygen atoms in total. The molecule has 2 rings (SSSR count). The van der Waals surface area contributed by atoms with Crippen molar-refractivity contribution in [2.45, 2.75) is 13.0 Å². The third-order valence-corrected chi connectivity index (χ3v) is 2.23. The Morgan fingerprint density at radius 1 is 1.36 bits per heavy atom. The molecule has 0 fully saturated rings. The van der Waals surface area contributed by atoms with E-state index in [1.54, 1.807) is 19.3 Å². The smallest absolute Gasteiger partial charge is 0.254 e. The van der Waals surface area contributed by atoms with Crippen LogP contribution in [0.25, 0.3) is 0 Å². The molecule has 0 saturated carbocycles. The Labute approximate surface area is 80.4 Å². The lowest BCUT2D eigenvalue weighted by Gasteiger charge is -2.20. The molecule has 2 amide bonds. The summed E-state index contributed by atoms with van der Waals surface area (Å²) < 4.78 is 0. The van der Waals surface area contributed by atoms with Gasteiger partial charge in [-0.1, -0.05) is 0 Å². The van der Waals surface area contributed by atoms with Crippen molar-refractivity contribution in [1.82, 2.24) is 15.1 Å². The summed E-state index contributed by atoms with van der Waals surface area (Å²) in [5.41, 5.74) is 0.815. The van der Waals surface area contributed by atoms with Gasteiger partial charge in [0.25, 0.3) is 11.8 Å². The van der Waals surface area contributed by atoms with Crippen molar-refractivity contribution < 1.29 is 9.59 Å². The van der Waals surface area contributed by atoms with Crippen LogP contribution < -0.4 is 0 Å². The number of hydrogen-bond acceptors (Lipinski definition) is 3. The minimum absolute atomic E-state index is 0.274. The SMILES string of the molecule is CC(c1cn[nH]c1)N1C(=O)C=CC1=O. The summed E-state index contributed by atoms with van der Waals surface area (Å²) in [6, 6.07) is -0.274. The first-order valence-corrected chi connectivity index (χ1v) is 4.24. The number of carbonyl (C=O) groups is 2. The van der Waals surface area contributed by atoms with E-state index in [4.69, 9.17) is 0 Å². The van der Waals surface area contributed by atoms with Gasteiger partial charge in [0.15, 0.2) is 0 Å².